The van der Waals surface area contributed by atoms with E-state index in [1.165, 1.54) is 19.1 Å². The molecule has 6 aliphatic rings. The Morgan fingerprint density at radius 3 is 2.51 bits per heavy atom. The van der Waals surface area contributed by atoms with E-state index in [4.69, 9.17) is 35.3 Å². The van der Waals surface area contributed by atoms with Crippen LogP contribution >= 0.6 is 11.6 Å². The Labute approximate surface area is 213 Å². The molecular formula is C24H23ClO12. The summed E-state index contributed by atoms with van der Waals surface area (Å²) in [5.41, 5.74) is -6.36. The van der Waals surface area contributed by atoms with Crippen LogP contribution in [0.2, 0.25) is 5.02 Å². The summed E-state index contributed by atoms with van der Waals surface area (Å²) in [5.74, 6) is -4.80. The van der Waals surface area contributed by atoms with E-state index < -0.39 is 83.3 Å². The predicted molar refractivity (Wildman–Crippen MR) is 117 cm³/mol. The number of halogens is 1. The SMILES string of the molecule is CO[C@H]1C(=O)OC[C@H](O)c2ccc3c(c2Cl)[C@@]24O[C@]5(O)C(=C(C)C(=O)[C@]16O[C@H]65)O[C@@]2([C@H](O)C[C@H]4O)[C@@H]3O. The van der Waals surface area contributed by atoms with Crippen LogP contribution < -0.4 is 0 Å². The molecule has 3 fully saturated rings. The first kappa shape index (κ1) is 23.9. The molecule has 7 rings (SSSR count). The summed E-state index contributed by atoms with van der Waals surface area (Å²) in [4.78, 5) is 26.6. The third kappa shape index (κ3) is 2.28. The van der Waals surface area contributed by atoms with Crippen LogP contribution in [0.1, 0.15) is 42.2 Å². The van der Waals surface area contributed by atoms with Crippen molar-refractivity contribution in [3.8, 4) is 0 Å². The molecule has 0 unspecified atom stereocenters. The number of aliphatic hydroxyl groups is 5. The van der Waals surface area contributed by atoms with Gasteiger partial charge in [-0.25, -0.2) is 4.79 Å². The molecule has 1 aromatic rings. The monoisotopic (exact) mass is 538 g/mol. The lowest BCUT2D eigenvalue weighted by molar-refractivity contribution is -0.387. The third-order valence-electron chi connectivity index (χ3n) is 8.80. The van der Waals surface area contributed by atoms with E-state index in [0.29, 0.717) is 0 Å². The topological polar surface area (TPSA) is 185 Å². The maximum Gasteiger partial charge on any atom is 0.339 e. The zero-order valence-corrected chi connectivity index (χ0v) is 20.3. The summed E-state index contributed by atoms with van der Waals surface area (Å²) < 4.78 is 28.8. The smallest absolute Gasteiger partial charge is 0.339 e. The number of Topliss-reactive ketones (excluding diaryl/α,β-unsaturated/α-hetero) is 1. The minimum absolute atomic E-state index is 0.00981. The highest BCUT2D eigenvalue weighted by Crippen LogP contribution is 2.72. The molecule has 5 N–H and O–H groups in total. The van der Waals surface area contributed by atoms with E-state index in [2.05, 4.69) is 0 Å². The van der Waals surface area contributed by atoms with E-state index in [1.54, 1.807) is 0 Å². The second-order valence-electron chi connectivity index (χ2n) is 10.4. The molecule has 0 radical (unpaired) electrons. The quantitative estimate of drug-likeness (QED) is 0.212. The van der Waals surface area contributed by atoms with Crippen LogP contribution in [0.4, 0.5) is 0 Å². The maximum absolute atomic E-state index is 13.6. The highest BCUT2D eigenvalue weighted by atomic mass is 35.5. The van der Waals surface area contributed by atoms with Crippen molar-refractivity contribution < 1.29 is 58.8 Å². The molecule has 10 atom stereocenters. The van der Waals surface area contributed by atoms with Crippen LogP contribution in [0.25, 0.3) is 0 Å². The number of ketones is 1. The molecule has 1 saturated carbocycles. The highest BCUT2D eigenvalue weighted by Gasteiger charge is 2.88. The van der Waals surface area contributed by atoms with Crippen LogP contribution in [0.3, 0.4) is 0 Å². The molecule has 3 heterocycles. The van der Waals surface area contributed by atoms with E-state index >= 15 is 0 Å². The van der Waals surface area contributed by atoms with E-state index in [9.17, 15) is 35.1 Å². The molecule has 0 amide bonds. The number of cyclic esters (lactones) is 1. The van der Waals surface area contributed by atoms with Crippen molar-refractivity contribution in [2.45, 2.75) is 72.6 Å². The largest absolute Gasteiger partial charge is 0.476 e. The first-order valence-electron chi connectivity index (χ1n) is 11.7. The molecule has 198 valence electrons. The van der Waals surface area contributed by atoms with Gasteiger partial charge in [-0.2, -0.15) is 0 Å². The molecule has 1 aromatic carbocycles. The third-order valence-corrected chi connectivity index (χ3v) is 9.21. The summed E-state index contributed by atoms with van der Waals surface area (Å²) in [7, 11) is 1.15. The Morgan fingerprint density at radius 2 is 1.81 bits per heavy atom. The first-order valence-corrected chi connectivity index (χ1v) is 12.1. The normalized spacial score (nSPS) is 49.1. The van der Waals surface area contributed by atoms with E-state index in [1.807, 2.05) is 0 Å². The van der Waals surface area contributed by atoms with Gasteiger partial charge in [0.2, 0.25) is 0 Å². The van der Waals surface area contributed by atoms with Gasteiger partial charge in [0.15, 0.2) is 40.6 Å². The van der Waals surface area contributed by atoms with Crippen molar-refractivity contribution in [3.05, 3.63) is 45.2 Å². The minimum atomic E-state index is -2.57. The Morgan fingerprint density at radius 1 is 1.11 bits per heavy atom. The lowest BCUT2D eigenvalue weighted by atomic mass is 9.75. The molecule has 3 aliphatic carbocycles. The Bertz CT molecular complexity index is 1330. The van der Waals surface area contributed by atoms with Gasteiger partial charge in [-0.1, -0.05) is 23.7 Å². The molecule has 5 bridgehead atoms. The van der Waals surface area contributed by atoms with Gasteiger partial charge in [0, 0.05) is 30.2 Å². The standard InChI is InChI=1S/C24H23ClO12/c1-7-15(29)21-18(33-2)19(31)34-6-10(26)8-3-4-9-13(14(8)25)22-11(27)5-12(28)23(22,16(9)30)35-17(7)24(32,37-22)20(21)36-21/h3-4,10-12,16,18,20,26-28,30,32H,5-6H2,1-2H3/t10-,11+,12+,16+,18-,20+,21-,22+,23-,24+/m0/s1. The van der Waals surface area contributed by atoms with Gasteiger partial charge in [-0.05, 0) is 12.5 Å². The summed E-state index contributed by atoms with van der Waals surface area (Å²) in [6.07, 6.45) is -9.74. The maximum atomic E-state index is 13.6. The van der Waals surface area contributed by atoms with Gasteiger partial charge in [-0.3, -0.25) is 4.79 Å². The first-order chi connectivity index (χ1) is 17.4. The van der Waals surface area contributed by atoms with Crippen molar-refractivity contribution >= 4 is 23.4 Å². The number of hydrogen-bond donors (Lipinski definition) is 5. The number of epoxide rings is 1. The lowest BCUT2D eigenvalue weighted by Gasteiger charge is -2.55. The summed E-state index contributed by atoms with van der Waals surface area (Å²) in [6.45, 7) is 0.728. The number of aliphatic hydroxyl groups excluding tert-OH is 4. The molecule has 37 heavy (non-hydrogen) atoms. The number of ether oxygens (including phenoxy) is 5. The number of benzene rings is 1. The van der Waals surface area contributed by atoms with E-state index in [-0.39, 0.29) is 33.7 Å². The highest BCUT2D eigenvalue weighted by molar-refractivity contribution is 6.32. The minimum Gasteiger partial charge on any atom is -0.476 e. The van der Waals surface area contributed by atoms with E-state index in [0.717, 1.165) is 7.11 Å². The molecule has 3 aliphatic heterocycles. The fourth-order valence-electron chi connectivity index (χ4n) is 7.15. The Balaban J connectivity index is 1.58. The average molecular weight is 539 g/mol. The number of carbonyl (C=O) groups excluding carboxylic acids is 2. The van der Waals surface area contributed by atoms with Crippen molar-refractivity contribution in [1.82, 2.24) is 0 Å². The Kier molecular flexibility index (Phi) is 4.46. The summed E-state index contributed by atoms with van der Waals surface area (Å²) in [5, 5.41) is 56.9. The average Bonchev–Trinajstić information content (AvgIpc) is 3.52. The van der Waals surface area contributed by atoms with Crippen LogP contribution in [0.5, 0.6) is 0 Å². The molecule has 2 saturated heterocycles. The van der Waals surface area contributed by atoms with Crippen molar-refractivity contribution in [3.63, 3.8) is 0 Å². The number of hydrogen-bond acceptors (Lipinski definition) is 12. The van der Waals surface area contributed by atoms with Gasteiger partial charge < -0.3 is 49.2 Å². The summed E-state index contributed by atoms with van der Waals surface area (Å²) >= 11 is 6.76. The molecule has 12 nitrogen and oxygen atoms in total. The van der Waals surface area contributed by atoms with Crippen molar-refractivity contribution in [2.75, 3.05) is 13.7 Å². The van der Waals surface area contributed by atoms with Gasteiger partial charge in [0.1, 0.15) is 24.9 Å². The fraction of sp³-hybridized carbons (Fsp3) is 0.583. The zero-order chi connectivity index (χ0) is 26.4. The van der Waals surface area contributed by atoms with Crippen LogP contribution in [0, 0.1) is 0 Å². The second kappa shape index (κ2) is 6.89. The predicted octanol–water partition coefficient (Wildman–Crippen LogP) is -1.22. The van der Waals surface area contributed by atoms with Gasteiger partial charge in [0.25, 0.3) is 5.79 Å². The van der Waals surface area contributed by atoms with Gasteiger partial charge in [0.05, 0.1) is 11.1 Å². The van der Waals surface area contributed by atoms with Gasteiger partial charge >= 0.3 is 5.97 Å². The van der Waals surface area contributed by atoms with Gasteiger partial charge in [-0.15, -0.1) is 0 Å². The molecule has 1 spiro atoms. The number of carbonyl (C=O) groups is 2. The second-order valence-corrected chi connectivity index (χ2v) is 10.7. The number of esters is 1. The lowest BCUT2D eigenvalue weighted by Crippen LogP contribution is -2.70. The van der Waals surface area contributed by atoms with Crippen molar-refractivity contribution in [1.29, 1.82) is 0 Å². The zero-order valence-electron chi connectivity index (χ0n) is 19.5. The van der Waals surface area contributed by atoms with Crippen LogP contribution in [-0.4, -0.2) is 92.4 Å². The van der Waals surface area contributed by atoms with Crippen LogP contribution in [0.15, 0.2) is 23.5 Å². The molecule has 13 heteroatoms. The summed E-state index contributed by atoms with van der Waals surface area (Å²) in [6, 6.07) is 2.82. The number of methoxy groups -OCH3 is 1. The number of rotatable bonds is 1. The molecular weight excluding hydrogens is 516 g/mol. The molecule has 0 aromatic heterocycles. The fourth-order valence-corrected chi connectivity index (χ4v) is 7.59. The van der Waals surface area contributed by atoms with Crippen LogP contribution in [-0.2, 0) is 38.9 Å². The number of fused-ring (bicyclic) bond motifs is 1. The van der Waals surface area contributed by atoms with Crippen molar-refractivity contribution in [2.24, 2.45) is 0 Å². The Hall–Kier alpha value is -2.13.